The highest BCUT2D eigenvalue weighted by Gasteiger charge is 2.64. The van der Waals surface area contributed by atoms with Gasteiger partial charge in [0.15, 0.2) is 11.4 Å². The number of likely N-dealkylation sites (N-methyl/N-ethyl adjacent to an activating group) is 1. The van der Waals surface area contributed by atoms with Crippen LogP contribution in [0.25, 0.3) is 17.0 Å². The Balaban J connectivity index is 0.00000172. The molecule has 0 spiro atoms. The summed E-state index contributed by atoms with van der Waals surface area (Å²) in [6.45, 7) is 1.65. The smallest absolute Gasteiger partial charge is 0.255 e. The van der Waals surface area contributed by atoms with Crippen LogP contribution in [0.4, 0.5) is 0 Å². The highest BCUT2D eigenvalue weighted by atomic mass is 16.3. The first-order chi connectivity index (χ1) is 18.4. The minimum Gasteiger partial charge on any atom is -0.508 e. The number of amides is 1. The normalized spacial score (nSPS) is 26.7. The van der Waals surface area contributed by atoms with E-state index in [2.05, 4.69) is 13.4 Å². The topological polar surface area (TPSA) is 174 Å². The quantitative estimate of drug-likeness (QED) is 0.289. The standard InChI is InChI=1S/C27H27N3O7.BH/c1-11-8-13(16-6-4-5-7-29-16)14-9-12-10-15-20(30(2)3)23(33)19(26(28)36)25(35)27(15,37)24(34)17(12)22(32)18(14)21(11)31;/h4-8,12,15,20,31-32,35,37H,9-10H2,1-3H3,(H2,28,36);1H/t12-,15-,20-,27-;/m0./s1/i;1D. The Bertz CT molecular complexity index is 1460. The van der Waals surface area contributed by atoms with Crippen LogP contribution < -0.4 is 5.73 Å². The fourth-order valence-electron chi connectivity index (χ4n) is 6.20. The van der Waals surface area contributed by atoms with Crippen molar-refractivity contribution in [2.45, 2.75) is 31.4 Å². The van der Waals surface area contributed by atoms with Crippen LogP contribution in [0.2, 0.25) is 0 Å². The van der Waals surface area contributed by atoms with Crippen LogP contribution in [0.3, 0.4) is 0 Å². The summed E-state index contributed by atoms with van der Waals surface area (Å²) >= 11 is 0. The molecule has 0 aliphatic heterocycles. The molecule has 1 aromatic carbocycles. The van der Waals surface area contributed by atoms with Crippen molar-refractivity contribution < 1.29 is 34.8 Å². The van der Waals surface area contributed by atoms with Gasteiger partial charge in [-0.05, 0) is 70.4 Å². The van der Waals surface area contributed by atoms with Gasteiger partial charge in [0.2, 0.25) is 5.78 Å². The summed E-state index contributed by atoms with van der Waals surface area (Å²) < 4.78 is 5.25. The molecular weight excluding hydrogens is 489 g/mol. The monoisotopic (exact) mass is 518 g/mol. The van der Waals surface area contributed by atoms with E-state index in [-0.39, 0.29) is 29.7 Å². The Morgan fingerprint density at radius 2 is 1.92 bits per heavy atom. The second-order valence-corrected chi connectivity index (χ2v) is 10.1. The maximum absolute atomic E-state index is 13.9. The van der Waals surface area contributed by atoms with E-state index in [4.69, 9.17) is 7.07 Å². The van der Waals surface area contributed by atoms with Crippen molar-refractivity contribution in [1.82, 2.24) is 9.88 Å². The number of hydrogen-bond donors (Lipinski definition) is 5. The Labute approximate surface area is 222 Å². The van der Waals surface area contributed by atoms with Gasteiger partial charge in [0.05, 0.1) is 17.3 Å². The summed E-state index contributed by atoms with van der Waals surface area (Å²) in [7, 11) is 6.88. The van der Waals surface area contributed by atoms with Gasteiger partial charge in [-0.1, -0.05) is 6.07 Å². The van der Waals surface area contributed by atoms with Crippen molar-refractivity contribution in [2.75, 3.05) is 14.1 Å². The molecule has 0 saturated heterocycles. The number of primary amides is 1. The largest absolute Gasteiger partial charge is 0.508 e. The van der Waals surface area contributed by atoms with E-state index >= 15 is 0 Å². The third kappa shape index (κ3) is 3.49. The number of ketones is 2. The zero-order valence-electron chi connectivity index (χ0n) is 22.1. The van der Waals surface area contributed by atoms with Crippen LogP contribution in [0.15, 0.2) is 47.4 Å². The minimum absolute atomic E-state index is 0.0298. The molecule has 0 unspecified atom stereocenters. The van der Waals surface area contributed by atoms with Crippen molar-refractivity contribution in [3.8, 4) is 17.0 Å². The number of benzene rings is 1. The first-order valence-electron chi connectivity index (χ1n) is 12.4. The maximum atomic E-state index is 13.9. The molecule has 1 fully saturated rings. The van der Waals surface area contributed by atoms with Gasteiger partial charge in [-0.3, -0.25) is 24.3 Å². The van der Waals surface area contributed by atoms with Crippen molar-refractivity contribution in [2.24, 2.45) is 17.6 Å². The number of aromatic hydroxyl groups is 1. The van der Waals surface area contributed by atoms with Gasteiger partial charge < -0.3 is 26.2 Å². The molecule has 196 valence electrons. The Morgan fingerprint density at radius 1 is 1.24 bits per heavy atom. The van der Waals surface area contributed by atoms with Crippen molar-refractivity contribution in [3.63, 3.8) is 0 Å². The molecule has 2 aromatic rings. The lowest BCUT2D eigenvalue weighted by molar-refractivity contribution is -0.153. The average molecular weight is 518 g/mol. The van der Waals surface area contributed by atoms with E-state index < -0.39 is 58.0 Å². The number of hydrogen-bond acceptors (Lipinski definition) is 9. The van der Waals surface area contributed by atoms with Crippen molar-refractivity contribution in [3.05, 3.63) is 64.1 Å². The lowest BCUT2D eigenvalue weighted by Gasteiger charge is -2.50. The molecular formula is C27H28BN3O7. The number of phenolic OH excluding ortho intramolecular Hbond substituents is 1. The minimum atomic E-state index is -2.66. The molecule has 1 saturated carbocycles. The van der Waals surface area contributed by atoms with Gasteiger partial charge in [0, 0.05) is 31.6 Å². The molecule has 10 nitrogen and oxygen atoms in total. The predicted octanol–water partition coefficient (Wildman–Crippen LogP) is 0.686. The summed E-state index contributed by atoms with van der Waals surface area (Å²) in [6, 6.07) is 6.01. The van der Waals surface area contributed by atoms with Crippen LogP contribution in [-0.2, 0) is 20.8 Å². The van der Waals surface area contributed by atoms with Crippen LogP contribution >= 0.6 is 0 Å². The number of phenols is 1. The lowest BCUT2D eigenvalue weighted by Crippen LogP contribution is -2.65. The van der Waals surface area contributed by atoms with E-state index in [0.717, 1.165) is 0 Å². The van der Waals surface area contributed by atoms with Crippen LogP contribution in [-0.4, -0.2) is 83.2 Å². The summed E-state index contributed by atoms with van der Waals surface area (Å²) in [6.07, 6.45) is 1.86. The summed E-state index contributed by atoms with van der Waals surface area (Å²) in [5.74, 6) is -6.70. The molecule has 0 bridgehead atoms. The molecule has 4 atom stereocenters. The number of aromatic nitrogens is 1. The molecule has 2 radical (unpaired) electrons. The molecule has 1 amide bonds. The summed E-state index contributed by atoms with van der Waals surface area (Å²) in [4.78, 5) is 45.0. The van der Waals surface area contributed by atoms with E-state index in [0.29, 0.717) is 22.4 Å². The van der Waals surface area contributed by atoms with Gasteiger partial charge in [0.25, 0.3) is 5.91 Å². The highest BCUT2D eigenvalue weighted by molar-refractivity contribution is 6.24. The van der Waals surface area contributed by atoms with Gasteiger partial charge in [-0.25, -0.2) is 0 Å². The Hall–Kier alpha value is -3.96. The Kier molecular flexibility index (Phi) is 6.15. The number of rotatable bonds is 3. The van der Waals surface area contributed by atoms with Crippen molar-refractivity contribution >= 4 is 31.6 Å². The predicted molar refractivity (Wildman–Crippen MR) is 139 cm³/mol. The van der Waals surface area contributed by atoms with Gasteiger partial charge in [0.1, 0.15) is 22.8 Å². The maximum Gasteiger partial charge on any atom is 0.255 e. The first-order valence-corrected chi connectivity index (χ1v) is 11.8. The molecule has 5 rings (SSSR count). The SMILES string of the molecule is Cc1cc(-c2ccccn2)c2c(c1O)C(O)=C1C(=O)[C@]3(O)C(O)=C(C(N)=O)C(=O)[C@@H](N(C)C)[C@@H]3C[C@@H]1C2.[2H][B]. The number of aliphatic hydroxyl groups excluding tert-OH is 2. The van der Waals surface area contributed by atoms with E-state index in [1.807, 2.05) is 6.07 Å². The van der Waals surface area contributed by atoms with E-state index in [1.54, 1.807) is 45.4 Å². The Morgan fingerprint density at radius 3 is 2.50 bits per heavy atom. The summed E-state index contributed by atoms with van der Waals surface area (Å²) in [5, 5.41) is 44.9. The number of nitrogens with zero attached hydrogens (tertiary/aromatic N) is 2. The molecule has 3 aliphatic carbocycles. The number of Topliss-reactive ketones (excluding diaryl/α,β-unsaturated/α-hetero) is 2. The lowest BCUT2D eigenvalue weighted by atomic mass is 9.57. The number of aryl methyl sites for hydroxylation is 1. The number of pyridine rings is 1. The zero-order valence-corrected chi connectivity index (χ0v) is 21.1. The molecule has 38 heavy (non-hydrogen) atoms. The molecule has 3 aliphatic rings. The average Bonchev–Trinajstić information content (AvgIpc) is 2.89. The molecule has 11 heteroatoms. The van der Waals surface area contributed by atoms with Gasteiger partial charge >= 0.3 is 0 Å². The first kappa shape index (κ1) is 25.7. The third-order valence-electron chi connectivity index (χ3n) is 7.85. The number of fused-ring (bicyclic) bond motifs is 3. The molecule has 6 N–H and O–H groups in total. The molecule has 1 aromatic heterocycles. The number of nitrogens with two attached hydrogens (primary N) is 1. The fraction of sp³-hybridized carbons (Fsp3) is 0.333. The van der Waals surface area contributed by atoms with E-state index in [9.17, 15) is 34.8 Å². The van der Waals surface area contributed by atoms with Gasteiger partial charge in [-0.15, -0.1) is 0 Å². The third-order valence-corrected chi connectivity index (χ3v) is 7.85. The van der Waals surface area contributed by atoms with Crippen molar-refractivity contribution in [1.29, 1.82) is 1.34 Å². The van der Waals surface area contributed by atoms with Crippen LogP contribution in [0.1, 0.15) is 23.1 Å². The second-order valence-electron chi connectivity index (χ2n) is 10.1. The highest BCUT2D eigenvalue weighted by Crippen LogP contribution is 2.53. The van der Waals surface area contributed by atoms with Crippen LogP contribution in [0.5, 0.6) is 5.75 Å². The number of carbonyl (C=O) groups excluding carboxylic acids is 3. The van der Waals surface area contributed by atoms with E-state index in [1.165, 1.54) is 4.90 Å². The number of aliphatic hydroxyl groups is 3. The second kappa shape index (κ2) is 9.11. The summed E-state index contributed by atoms with van der Waals surface area (Å²) in [5.41, 5.74) is 4.03. The van der Waals surface area contributed by atoms with Gasteiger partial charge in [-0.2, -0.15) is 0 Å². The fourth-order valence-corrected chi connectivity index (χ4v) is 6.20. The molecule has 1 heterocycles. The zero-order chi connectivity index (χ0) is 29.0. The van der Waals surface area contributed by atoms with Crippen LogP contribution in [0, 0.1) is 18.8 Å². The number of carbonyl (C=O) groups is 3.